The van der Waals surface area contributed by atoms with Crippen molar-refractivity contribution < 1.29 is 14.3 Å². The van der Waals surface area contributed by atoms with Gasteiger partial charge in [-0.15, -0.1) is 11.8 Å². The van der Waals surface area contributed by atoms with Gasteiger partial charge in [-0.3, -0.25) is 4.79 Å². The van der Waals surface area contributed by atoms with Gasteiger partial charge in [0.1, 0.15) is 0 Å². The largest absolute Gasteiger partial charge is 0.361 e. The Bertz CT molecular complexity index is 638. The van der Waals surface area contributed by atoms with Gasteiger partial charge in [0.25, 0.3) is 0 Å². The second-order valence-electron chi connectivity index (χ2n) is 7.56. The van der Waals surface area contributed by atoms with Crippen molar-refractivity contribution in [3.63, 3.8) is 0 Å². The lowest BCUT2D eigenvalue weighted by molar-refractivity contribution is -0.180. The molecule has 5 nitrogen and oxygen atoms in total. The maximum Gasteiger partial charge on any atom is 0.239 e. The normalized spacial score (nSPS) is 25.7. The zero-order valence-electron chi connectivity index (χ0n) is 15.4. The minimum atomic E-state index is -0.363. The number of ether oxygens (including phenoxy) is 2. The molecular formula is C20H28N2O3S. The third-order valence-electron chi connectivity index (χ3n) is 5.60. The van der Waals surface area contributed by atoms with Crippen LogP contribution in [0.2, 0.25) is 0 Å². The van der Waals surface area contributed by atoms with Gasteiger partial charge in [-0.2, -0.15) is 0 Å². The Morgan fingerprint density at radius 2 is 1.96 bits per heavy atom. The topological polar surface area (TPSA) is 50.8 Å². The standard InChI is InChI=1S/C20H28N2O3S/c1-15-8-11-22(17-4-2-3-5-18(17)26-15)14-19(23)21-16-6-9-20(10-7-16)24-12-13-25-20/h2-5,15-16H,6-14H2,1H3,(H,21,23)/t15-/m1/s1. The number of thioether (sulfide) groups is 1. The van der Waals surface area contributed by atoms with E-state index in [1.165, 1.54) is 10.6 Å². The van der Waals surface area contributed by atoms with Crippen LogP contribution in [0.4, 0.5) is 5.69 Å². The highest BCUT2D eigenvalue weighted by atomic mass is 32.2. The molecular weight excluding hydrogens is 348 g/mol. The number of benzene rings is 1. The van der Waals surface area contributed by atoms with Gasteiger partial charge >= 0.3 is 0 Å². The van der Waals surface area contributed by atoms with Crippen molar-refractivity contribution in [2.24, 2.45) is 0 Å². The number of carbonyl (C=O) groups is 1. The third-order valence-corrected chi connectivity index (χ3v) is 6.84. The number of fused-ring (bicyclic) bond motifs is 1. The summed E-state index contributed by atoms with van der Waals surface area (Å²) in [6.07, 6.45) is 4.69. The molecule has 2 aliphatic heterocycles. The zero-order valence-corrected chi connectivity index (χ0v) is 16.2. The lowest BCUT2D eigenvalue weighted by Crippen LogP contribution is -2.47. The van der Waals surface area contributed by atoms with Crippen LogP contribution in [0.5, 0.6) is 0 Å². The van der Waals surface area contributed by atoms with Crippen LogP contribution in [0.1, 0.15) is 39.0 Å². The number of hydrogen-bond donors (Lipinski definition) is 1. The molecule has 2 fully saturated rings. The van der Waals surface area contributed by atoms with E-state index in [0.717, 1.165) is 38.6 Å². The van der Waals surface area contributed by atoms with Crippen molar-refractivity contribution in [2.45, 2.75) is 61.0 Å². The number of carbonyl (C=O) groups excluding carboxylic acids is 1. The van der Waals surface area contributed by atoms with E-state index >= 15 is 0 Å². The number of amides is 1. The number of anilines is 1. The number of hydrogen-bond acceptors (Lipinski definition) is 5. The Hall–Kier alpha value is -1.24. The lowest BCUT2D eigenvalue weighted by Gasteiger charge is -2.36. The highest BCUT2D eigenvalue weighted by molar-refractivity contribution is 8.00. The average molecular weight is 377 g/mol. The highest BCUT2D eigenvalue weighted by Gasteiger charge is 2.40. The smallest absolute Gasteiger partial charge is 0.239 e. The molecule has 1 saturated carbocycles. The van der Waals surface area contributed by atoms with Crippen LogP contribution in [0, 0.1) is 0 Å². The monoisotopic (exact) mass is 376 g/mol. The summed E-state index contributed by atoms with van der Waals surface area (Å²) in [6.45, 7) is 5.01. The van der Waals surface area contributed by atoms with E-state index in [4.69, 9.17) is 9.47 Å². The number of nitrogens with zero attached hydrogens (tertiary/aromatic N) is 1. The molecule has 0 unspecified atom stereocenters. The predicted octanol–water partition coefficient (Wildman–Crippen LogP) is 3.18. The van der Waals surface area contributed by atoms with Gasteiger partial charge in [-0.25, -0.2) is 0 Å². The highest BCUT2D eigenvalue weighted by Crippen LogP contribution is 2.37. The second kappa shape index (κ2) is 7.79. The van der Waals surface area contributed by atoms with Crippen LogP contribution >= 0.6 is 11.8 Å². The van der Waals surface area contributed by atoms with Crippen molar-refractivity contribution in [2.75, 3.05) is 31.2 Å². The molecule has 1 saturated heterocycles. The molecule has 1 aromatic carbocycles. The second-order valence-corrected chi connectivity index (χ2v) is 9.04. The SMILES string of the molecule is C[C@@H]1CCN(CC(=O)NC2CCC3(CC2)OCCO3)c2ccccc2S1. The molecule has 1 aromatic rings. The summed E-state index contributed by atoms with van der Waals surface area (Å²) < 4.78 is 11.5. The van der Waals surface area contributed by atoms with Gasteiger partial charge < -0.3 is 19.7 Å². The minimum Gasteiger partial charge on any atom is -0.361 e. The van der Waals surface area contributed by atoms with Crippen LogP contribution in [0.25, 0.3) is 0 Å². The van der Waals surface area contributed by atoms with Gasteiger partial charge in [0.05, 0.1) is 25.4 Å². The quantitative estimate of drug-likeness (QED) is 0.878. The van der Waals surface area contributed by atoms with E-state index in [0.29, 0.717) is 25.0 Å². The van der Waals surface area contributed by atoms with Crippen molar-refractivity contribution >= 4 is 23.4 Å². The van der Waals surface area contributed by atoms with Crippen molar-refractivity contribution in [3.8, 4) is 0 Å². The van der Waals surface area contributed by atoms with Gasteiger partial charge in [0, 0.05) is 35.6 Å². The summed E-state index contributed by atoms with van der Waals surface area (Å²) in [4.78, 5) is 16.2. The maximum atomic E-state index is 12.7. The van der Waals surface area contributed by atoms with Crippen LogP contribution in [-0.2, 0) is 14.3 Å². The van der Waals surface area contributed by atoms with E-state index in [1.54, 1.807) is 0 Å². The van der Waals surface area contributed by atoms with Crippen LogP contribution in [0.15, 0.2) is 29.2 Å². The summed E-state index contributed by atoms with van der Waals surface area (Å²) in [5.74, 6) is -0.244. The van der Waals surface area contributed by atoms with Gasteiger partial charge in [-0.1, -0.05) is 19.1 Å². The summed E-state index contributed by atoms with van der Waals surface area (Å²) in [6, 6.07) is 8.66. The van der Waals surface area contributed by atoms with Crippen LogP contribution in [-0.4, -0.2) is 49.3 Å². The molecule has 6 heteroatoms. The molecule has 0 radical (unpaired) electrons. The fourth-order valence-electron chi connectivity index (χ4n) is 4.15. The molecule has 1 spiro atoms. The molecule has 1 amide bonds. The van der Waals surface area contributed by atoms with Gasteiger partial charge in [-0.05, 0) is 31.4 Å². The van der Waals surface area contributed by atoms with E-state index in [-0.39, 0.29) is 17.7 Å². The summed E-state index contributed by atoms with van der Waals surface area (Å²) >= 11 is 1.91. The first-order valence-corrected chi connectivity index (χ1v) is 10.6. The van der Waals surface area contributed by atoms with Crippen molar-refractivity contribution in [1.82, 2.24) is 5.32 Å². The summed E-state index contributed by atoms with van der Waals surface area (Å²) in [5.41, 5.74) is 1.19. The molecule has 1 N–H and O–H groups in total. The Kier molecular flexibility index (Phi) is 5.43. The number of nitrogens with one attached hydrogen (secondary N) is 1. The van der Waals surface area contributed by atoms with Gasteiger partial charge in [0.2, 0.25) is 5.91 Å². The summed E-state index contributed by atoms with van der Waals surface area (Å²) in [7, 11) is 0. The Balaban J connectivity index is 1.33. The average Bonchev–Trinajstić information content (AvgIpc) is 3.03. The molecule has 142 valence electrons. The van der Waals surface area contributed by atoms with Crippen LogP contribution in [0.3, 0.4) is 0 Å². The molecule has 1 atom stereocenters. The van der Waals surface area contributed by atoms with E-state index < -0.39 is 0 Å². The molecule has 3 aliphatic rings. The predicted molar refractivity (Wildman–Crippen MR) is 104 cm³/mol. The molecule has 1 aliphatic carbocycles. The molecule has 0 aromatic heterocycles. The lowest BCUT2D eigenvalue weighted by atomic mass is 9.90. The van der Waals surface area contributed by atoms with Crippen molar-refractivity contribution in [3.05, 3.63) is 24.3 Å². The molecule has 2 heterocycles. The molecule has 4 rings (SSSR count). The van der Waals surface area contributed by atoms with E-state index in [1.807, 2.05) is 11.8 Å². The first-order valence-electron chi connectivity index (χ1n) is 9.71. The fraction of sp³-hybridized carbons (Fsp3) is 0.650. The molecule has 26 heavy (non-hydrogen) atoms. The third kappa shape index (κ3) is 4.02. The Labute approximate surface area is 159 Å². The number of rotatable bonds is 3. The zero-order chi connectivity index (χ0) is 18.0. The molecule has 0 bridgehead atoms. The van der Waals surface area contributed by atoms with Crippen LogP contribution < -0.4 is 10.2 Å². The summed E-state index contributed by atoms with van der Waals surface area (Å²) in [5, 5.41) is 3.81. The fourth-order valence-corrected chi connectivity index (χ4v) is 5.28. The number of para-hydroxylation sites is 1. The maximum absolute atomic E-state index is 12.7. The Morgan fingerprint density at radius 1 is 1.23 bits per heavy atom. The Morgan fingerprint density at radius 3 is 2.73 bits per heavy atom. The van der Waals surface area contributed by atoms with E-state index in [2.05, 4.69) is 41.4 Å². The first kappa shape index (κ1) is 18.1. The minimum absolute atomic E-state index is 0.119. The van der Waals surface area contributed by atoms with E-state index in [9.17, 15) is 4.79 Å². The van der Waals surface area contributed by atoms with Crippen molar-refractivity contribution in [1.29, 1.82) is 0 Å². The first-order chi connectivity index (χ1) is 12.6. The van der Waals surface area contributed by atoms with Gasteiger partial charge in [0.15, 0.2) is 5.79 Å².